The summed E-state index contributed by atoms with van der Waals surface area (Å²) in [6.07, 6.45) is 1.40. The van der Waals surface area contributed by atoms with Gasteiger partial charge < -0.3 is 4.57 Å². The number of nitrogens with zero attached hydrogens (tertiary/aromatic N) is 4. The molecule has 4 rings (SSSR count). The molecule has 1 fully saturated rings. The Morgan fingerprint density at radius 2 is 1.74 bits per heavy atom. The Bertz CT molecular complexity index is 1250. The van der Waals surface area contributed by atoms with Crippen LogP contribution in [0.2, 0.25) is 0 Å². The number of benzene rings is 1. The second-order valence-corrected chi connectivity index (χ2v) is 11.5. The number of hydrogen-bond donors (Lipinski definition) is 0. The molecular formula is C25H30N4O3S2. The number of hydrogen-bond acceptors (Lipinski definition) is 6. The molecule has 0 bridgehead atoms. The third-order valence-corrected chi connectivity index (χ3v) is 9.18. The summed E-state index contributed by atoms with van der Waals surface area (Å²) < 4.78 is 29.7. The van der Waals surface area contributed by atoms with E-state index < -0.39 is 10.0 Å². The van der Waals surface area contributed by atoms with E-state index in [0.29, 0.717) is 31.2 Å². The van der Waals surface area contributed by atoms with Crippen molar-refractivity contribution in [1.82, 2.24) is 18.8 Å². The lowest BCUT2D eigenvalue weighted by molar-refractivity contribution is 0.102. The number of piperazine rings is 1. The van der Waals surface area contributed by atoms with E-state index in [-0.39, 0.29) is 16.4 Å². The summed E-state index contributed by atoms with van der Waals surface area (Å²) in [5.74, 6) is 0.297. The number of ketones is 1. The van der Waals surface area contributed by atoms with E-state index in [0.717, 1.165) is 23.5 Å². The molecular weight excluding hydrogens is 468 g/mol. The van der Waals surface area contributed by atoms with Crippen molar-refractivity contribution in [3.8, 4) is 0 Å². The van der Waals surface area contributed by atoms with Gasteiger partial charge >= 0.3 is 0 Å². The number of aromatic nitrogens is 2. The quantitative estimate of drug-likeness (QED) is 0.349. The summed E-state index contributed by atoms with van der Waals surface area (Å²) in [7, 11) is -1.65. The molecule has 1 aromatic carbocycles. The molecule has 2 aromatic heterocycles. The van der Waals surface area contributed by atoms with E-state index in [9.17, 15) is 13.2 Å². The van der Waals surface area contributed by atoms with Crippen LogP contribution in [-0.2, 0) is 23.6 Å². The van der Waals surface area contributed by atoms with Crippen LogP contribution < -0.4 is 0 Å². The van der Waals surface area contributed by atoms with Crippen molar-refractivity contribution in [2.24, 2.45) is 7.05 Å². The number of carbonyl (C=O) groups excluding carboxylic acids is 1. The van der Waals surface area contributed by atoms with E-state index in [1.54, 1.807) is 12.1 Å². The molecule has 3 aromatic rings. The van der Waals surface area contributed by atoms with E-state index >= 15 is 0 Å². The number of rotatable bonds is 8. The molecule has 1 aliphatic rings. The van der Waals surface area contributed by atoms with Crippen LogP contribution in [0.1, 0.15) is 27.3 Å². The molecule has 0 atom stereocenters. The summed E-state index contributed by atoms with van der Waals surface area (Å²) in [5, 5.41) is 0.630. The topological polar surface area (TPSA) is 75.5 Å². The summed E-state index contributed by atoms with van der Waals surface area (Å²) >= 11 is 1.32. The van der Waals surface area contributed by atoms with Crippen LogP contribution in [0.5, 0.6) is 0 Å². The van der Waals surface area contributed by atoms with Gasteiger partial charge in [0.1, 0.15) is 4.90 Å². The van der Waals surface area contributed by atoms with Gasteiger partial charge in [-0.3, -0.25) is 9.69 Å². The molecule has 0 N–H and O–H groups in total. The first-order chi connectivity index (χ1) is 16.3. The van der Waals surface area contributed by atoms with Crippen LogP contribution in [0.25, 0.3) is 0 Å². The molecule has 0 unspecified atom stereocenters. The molecule has 0 aliphatic carbocycles. The van der Waals surface area contributed by atoms with Crippen molar-refractivity contribution in [2.45, 2.75) is 30.3 Å². The van der Waals surface area contributed by atoms with Crippen molar-refractivity contribution in [2.75, 3.05) is 31.9 Å². The Morgan fingerprint density at radius 1 is 1.03 bits per heavy atom. The Labute approximate surface area is 205 Å². The minimum atomic E-state index is -3.59. The molecule has 1 aliphatic heterocycles. The number of carbonyl (C=O) groups is 1. The van der Waals surface area contributed by atoms with Crippen LogP contribution >= 0.6 is 11.8 Å². The molecule has 9 heteroatoms. The Morgan fingerprint density at radius 3 is 2.32 bits per heavy atom. The fraction of sp³-hybridized carbons (Fsp3) is 0.360. The Balaban J connectivity index is 1.33. The lowest BCUT2D eigenvalue weighted by atomic mass is 10.2. The van der Waals surface area contributed by atoms with Crippen molar-refractivity contribution >= 4 is 27.6 Å². The summed E-state index contributed by atoms with van der Waals surface area (Å²) in [6, 6.07) is 15.4. The van der Waals surface area contributed by atoms with Gasteiger partial charge in [-0.15, -0.1) is 0 Å². The van der Waals surface area contributed by atoms with Crippen LogP contribution in [0.3, 0.4) is 0 Å². The Kier molecular flexibility index (Phi) is 7.57. The highest BCUT2D eigenvalue weighted by atomic mass is 32.2. The highest BCUT2D eigenvalue weighted by Gasteiger charge is 2.28. The largest absolute Gasteiger partial charge is 0.351 e. The number of sulfonamides is 1. The highest BCUT2D eigenvalue weighted by Crippen LogP contribution is 2.23. The van der Waals surface area contributed by atoms with Crippen molar-refractivity contribution in [3.05, 3.63) is 77.2 Å². The lowest BCUT2D eigenvalue weighted by Gasteiger charge is -2.33. The predicted molar refractivity (Wildman–Crippen MR) is 135 cm³/mol. The summed E-state index contributed by atoms with van der Waals surface area (Å²) in [6.45, 7) is 7.02. The third kappa shape index (κ3) is 5.43. The van der Waals surface area contributed by atoms with Crippen molar-refractivity contribution < 1.29 is 13.2 Å². The maximum Gasteiger partial charge on any atom is 0.244 e. The monoisotopic (exact) mass is 498 g/mol. The van der Waals surface area contributed by atoms with Crippen molar-refractivity contribution in [3.63, 3.8) is 0 Å². The first kappa shape index (κ1) is 24.7. The second-order valence-electron chi connectivity index (χ2n) is 8.55. The predicted octanol–water partition coefficient (Wildman–Crippen LogP) is 3.52. The van der Waals surface area contributed by atoms with E-state index in [1.807, 2.05) is 49.7 Å². The summed E-state index contributed by atoms with van der Waals surface area (Å²) in [4.78, 5) is 19.4. The van der Waals surface area contributed by atoms with Gasteiger partial charge in [0, 0.05) is 62.9 Å². The zero-order chi connectivity index (χ0) is 24.3. The number of thioether (sulfide) groups is 1. The zero-order valence-electron chi connectivity index (χ0n) is 19.8. The first-order valence-electron chi connectivity index (χ1n) is 11.3. The van der Waals surface area contributed by atoms with Gasteiger partial charge in [0.25, 0.3) is 0 Å². The fourth-order valence-corrected chi connectivity index (χ4v) is 6.17. The minimum Gasteiger partial charge on any atom is -0.351 e. The van der Waals surface area contributed by atoms with Crippen LogP contribution in [0.4, 0.5) is 0 Å². The fourth-order valence-electron chi connectivity index (χ4n) is 4.08. The second kappa shape index (κ2) is 10.4. The van der Waals surface area contributed by atoms with Gasteiger partial charge in [0.15, 0.2) is 5.78 Å². The van der Waals surface area contributed by atoms with Gasteiger partial charge in [-0.2, -0.15) is 4.31 Å². The van der Waals surface area contributed by atoms with E-state index in [1.165, 1.54) is 27.8 Å². The number of pyridine rings is 1. The minimum absolute atomic E-state index is 0.0399. The van der Waals surface area contributed by atoms with E-state index in [2.05, 4.69) is 22.0 Å². The SMILES string of the molecule is Cc1cc(C(=O)CSc2ccc(S(=O)(=O)N3CCN(Cc4ccccc4)CC3)cn2)c(C)n1C. The van der Waals surface area contributed by atoms with Crippen molar-refractivity contribution in [1.29, 1.82) is 0 Å². The van der Waals surface area contributed by atoms with E-state index in [4.69, 9.17) is 0 Å². The third-order valence-electron chi connectivity index (χ3n) is 6.35. The number of aryl methyl sites for hydroxylation is 1. The normalized spacial score (nSPS) is 15.5. The average Bonchev–Trinajstić information content (AvgIpc) is 3.11. The van der Waals surface area contributed by atoms with Crippen LogP contribution in [-0.4, -0.2) is 64.9 Å². The van der Waals surface area contributed by atoms with Gasteiger partial charge in [0.2, 0.25) is 10.0 Å². The molecule has 7 nitrogen and oxygen atoms in total. The summed E-state index contributed by atoms with van der Waals surface area (Å²) in [5.41, 5.74) is 3.94. The molecule has 0 saturated carbocycles. The smallest absolute Gasteiger partial charge is 0.244 e. The molecule has 1 saturated heterocycles. The highest BCUT2D eigenvalue weighted by molar-refractivity contribution is 7.99. The molecule has 0 amide bonds. The zero-order valence-corrected chi connectivity index (χ0v) is 21.4. The van der Waals surface area contributed by atoms with Gasteiger partial charge in [0.05, 0.1) is 10.8 Å². The first-order valence-corrected chi connectivity index (χ1v) is 13.7. The van der Waals surface area contributed by atoms with Gasteiger partial charge in [-0.1, -0.05) is 42.1 Å². The molecule has 0 spiro atoms. The van der Waals surface area contributed by atoms with Crippen LogP contribution in [0, 0.1) is 13.8 Å². The Hall–Kier alpha value is -2.46. The lowest BCUT2D eigenvalue weighted by Crippen LogP contribution is -2.48. The average molecular weight is 499 g/mol. The van der Waals surface area contributed by atoms with Crippen LogP contribution in [0.15, 0.2) is 64.6 Å². The molecule has 0 radical (unpaired) electrons. The molecule has 180 valence electrons. The number of Topliss-reactive ketones (excluding diaryl/α,β-unsaturated/α-hetero) is 1. The molecule has 34 heavy (non-hydrogen) atoms. The maximum absolute atomic E-state index is 13.1. The standard InChI is InChI=1S/C25H30N4O3S2/c1-19-15-23(20(2)27(19)3)24(30)18-33-25-10-9-22(16-26-25)34(31,32)29-13-11-28(12-14-29)17-21-7-5-4-6-8-21/h4-10,15-16H,11-14,17-18H2,1-3H3. The van der Waals surface area contributed by atoms with Gasteiger partial charge in [-0.25, -0.2) is 13.4 Å². The maximum atomic E-state index is 13.1. The van der Waals surface area contributed by atoms with Gasteiger partial charge in [-0.05, 0) is 37.6 Å². The molecule has 3 heterocycles.